The molecule has 0 bridgehead atoms. The Labute approximate surface area is 89.2 Å². The minimum atomic E-state index is 0.130. The molecule has 4 heteroatoms. The van der Waals surface area contributed by atoms with E-state index >= 15 is 0 Å². The van der Waals surface area contributed by atoms with Crippen molar-refractivity contribution >= 4 is 5.78 Å². The van der Waals surface area contributed by atoms with Crippen LogP contribution in [0.2, 0.25) is 0 Å². The molecule has 1 aliphatic rings. The van der Waals surface area contributed by atoms with Gasteiger partial charge in [0.2, 0.25) is 0 Å². The first-order valence-corrected chi connectivity index (χ1v) is 5.34. The highest BCUT2D eigenvalue weighted by molar-refractivity contribution is 5.82. The number of rotatable bonds is 2. The first-order chi connectivity index (χ1) is 7.18. The standard InChI is InChI=1S/C11H16N2O2/c1-8-9(2)13(5-3-11(8)14)7-10-4-6-15-12-10/h4,6,8-9H,3,5,7H2,1-2H3. The van der Waals surface area contributed by atoms with Gasteiger partial charge in [0.25, 0.3) is 0 Å². The predicted molar refractivity (Wildman–Crippen MR) is 55.2 cm³/mol. The van der Waals surface area contributed by atoms with Crippen LogP contribution in [0, 0.1) is 5.92 Å². The van der Waals surface area contributed by atoms with Gasteiger partial charge in [0.05, 0.1) is 5.69 Å². The lowest BCUT2D eigenvalue weighted by atomic mass is 9.90. The summed E-state index contributed by atoms with van der Waals surface area (Å²) >= 11 is 0. The Morgan fingerprint density at radius 1 is 1.60 bits per heavy atom. The Balaban J connectivity index is 2.01. The van der Waals surface area contributed by atoms with E-state index in [0.29, 0.717) is 18.2 Å². The molecule has 15 heavy (non-hydrogen) atoms. The fraction of sp³-hybridized carbons (Fsp3) is 0.636. The number of hydrogen-bond donors (Lipinski definition) is 0. The molecule has 0 N–H and O–H groups in total. The van der Waals surface area contributed by atoms with Crippen LogP contribution in [-0.4, -0.2) is 28.4 Å². The van der Waals surface area contributed by atoms with Crippen molar-refractivity contribution in [2.24, 2.45) is 5.92 Å². The van der Waals surface area contributed by atoms with Gasteiger partial charge in [-0.3, -0.25) is 9.69 Å². The smallest absolute Gasteiger partial charge is 0.138 e. The van der Waals surface area contributed by atoms with Crippen LogP contribution in [0.3, 0.4) is 0 Å². The van der Waals surface area contributed by atoms with E-state index in [1.165, 1.54) is 0 Å². The highest BCUT2D eigenvalue weighted by Gasteiger charge is 2.30. The van der Waals surface area contributed by atoms with Gasteiger partial charge in [-0.1, -0.05) is 12.1 Å². The second-order valence-corrected chi connectivity index (χ2v) is 4.21. The van der Waals surface area contributed by atoms with Crippen molar-refractivity contribution in [3.05, 3.63) is 18.0 Å². The highest BCUT2D eigenvalue weighted by atomic mass is 16.5. The molecule has 0 radical (unpaired) electrons. The first kappa shape index (κ1) is 10.4. The van der Waals surface area contributed by atoms with E-state index in [2.05, 4.69) is 17.0 Å². The molecule has 1 aromatic heterocycles. The molecule has 4 nitrogen and oxygen atoms in total. The van der Waals surface area contributed by atoms with Crippen molar-refractivity contribution in [2.45, 2.75) is 32.9 Å². The summed E-state index contributed by atoms with van der Waals surface area (Å²) < 4.78 is 4.80. The Morgan fingerprint density at radius 3 is 3.07 bits per heavy atom. The average molecular weight is 208 g/mol. The summed E-state index contributed by atoms with van der Waals surface area (Å²) in [5.41, 5.74) is 0.934. The van der Waals surface area contributed by atoms with E-state index < -0.39 is 0 Å². The number of likely N-dealkylation sites (tertiary alicyclic amines) is 1. The van der Waals surface area contributed by atoms with Gasteiger partial charge in [0.15, 0.2) is 0 Å². The van der Waals surface area contributed by atoms with Crippen LogP contribution in [0.4, 0.5) is 0 Å². The zero-order valence-corrected chi connectivity index (χ0v) is 9.14. The van der Waals surface area contributed by atoms with Crippen LogP contribution in [0.25, 0.3) is 0 Å². The summed E-state index contributed by atoms with van der Waals surface area (Å²) in [5, 5.41) is 3.89. The van der Waals surface area contributed by atoms with Gasteiger partial charge in [-0.15, -0.1) is 0 Å². The molecule has 2 rings (SSSR count). The zero-order chi connectivity index (χ0) is 10.8. The van der Waals surface area contributed by atoms with Crippen molar-refractivity contribution in [1.29, 1.82) is 0 Å². The molecule has 1 aliphatic heterocycles. The molecule has 0 aromatic carbocycles. The minimum absolute atomic E-state index is 0.130. The van der Waals surface area contributed by atoms with Gasteiger partial charge in [0.1, 0.15) is 12.0 Å². The maximum Gasteiger partial charge on any atom is 0.138 e. The molecule has 2 heterocycles. The third-order valence-electron chi connectivity index (χ3n) is 3.31. The number of ketones is 1. The number of nitrogens with zero attached hydrogens (tertiary/aromatic N) is 2. The molecule has 1 saturated heterocycles. The fourth-order valence-electron chi connectivity index (χ4n) is 2.02. The first-order valence-electron chi connectivity index (χ1n) is 5.34. The Bertz CT molecular complexity index is 334. The van der Waals surface area contributed by atoms with Gasteiger partial charge >= 0.3 is 0 Å². The van der Waals surface area contributed by atoms with Crippen molar-refractivity contribution in [1.82, 2.24) is 10.1 Å². The average Bonchev–Trinajstić information content (AvgIpc) is 2.72. The summed E-state index contributed by atoms with van der Waals surface area (Å²) in [6.07, 6.45) is 2.24. The molecule has 0 spiro atoms. The van der Waals surface area contributed by atoms with E-state index in [9.17, 15) is 4.79 Å². The maximum atomic E-state index is 11.5. The summed E-state index contributed by atoms with van der Waals surface area (Å²) in [5.74, 6) is 0.504. The van der Waals surface area contributed by atoms with Crippen LogP contribution < -0.4 is 0 Å². The monoisotopic (exact) mass is 208 g/mol. The normalized spacial score (nSPS) is 28.3. The molecule has 82 valence electrons. The molecular formula is C11H16N2O2. The Morgan fingerprint density at radius 2 is 2.40 bits per heavy atom. The molecule has 0 amide bonds. The second-order valence-electron chi connectivity index (χ2n) is 4.21. The molecule has 2 unspecified atom stereocenters. The van der Waals surface area contributed by atoms with Crippen LogP contribution in [0.1, 0.15) is 26.0 Å². The molecule has 1 aromatic rings. The van der Waals surface area contributed by atoms with Gasteiger partial charge in [0, 0.05) is 37.5 Å². The maximum absolute atomic E-state index is 11.5. The van der Waals surface area contributed by atoms with Crippen molar-refractivity contribution < 1.29 is 9.32 Å². The lowest BCUT2D eigenvalue weighted by Crippen LogP contribution is -2.46. The van der Waals surface area contributed by atoms with Gasteiger partial charge in [-0.05, 0) is 6.92 Å². The van der Waals surface area contributed by atoms with Crippen molar-refractivity contribution in [3.63, 3.8) is 0 Å². The lowest BCUT2D eigenvalue weighted by Gasteiger charge is -2.36. The zero-order valence-electron chi connectivity index (χ0n) is 9.14. The van der Waals surface area contributed by atoms with Crippen LogP contribution >= 0.6 is 0 Å². The van der Waals surface area contributed by atoms with E-state index in [1.807, 2.05) is 13.0 Å². The summed E-state index contributed by atoms with van der Waals surface area (Å²) in [4.78, 5) is 13.8. The summed E-state index contributed by atoms with van der Waals surface area (Å²) in [6, 6.07) is 2.16. The Kier molecular flexibility index (Phi) is 2.86. The number of carbonyl (C=O) groups excluding carboxylic acids is 1. The third kappa shape index (κ3) is 2.09. The molecule has 0 aliphatic carbocycles. The number of Topliss-reactive ketones (excluding diaryl/α,β-unsaturated/α-hetero) is 1. The van der Waals surface area contributed by atoms with Crippen molar-refractivity contribution in [2.75, 3.05) is 6.54 Å². The highest BCUT2D eigenvalue weighted by Crippen LogP contribution is 2.21. The lowest BCUT2D eigenvalue weighted by molar-refractivity contribution is -0.128. The van der Waals surface area contributed by atoms with Crippen molar-refractivity contribution in [3.8, 4) is 0 Å². The van der Waals surface area contributed by atoms with E-state index in [4.69, 9.17) is 4.52 Å². The SMILES string of the molecule is CC1C(=O)CCN(Cc2ccon2)C1C. The minimum Gasteiger partial charge on any atom is -0.364 e. The van der Waals surface area contributed by atoms with Gasteiger partial charge < -0.3 is 4.52 Å². The number of piperidine rings is 1. The van der Waals surface area contributed by atoms with Gasteiger partial charge in [-0.2, -0.15) is 0 Å². The predicted octanol–water partition coefficient (Wildman–Crippen LogP) is 1.47. The third-order valence-corrected chi connectivity index (χ3v) is 3.31. The number of carbonyl (C=O) groups is 1. The Hall–Kier alpha value is -1.16. The van der Waals surface area contributed by atoms with Crippen LogP contribution in [-0.2, 0) is 11.3 Å². The second kappa shape index (κ2) is 4.14. The van der Waals surface area contributed by atoms with E-state index in [1.54, 1.807) is 6.26 Å². The van der Waals surface area contributed by atoms with E-state index in [0.717, 1.165) is 18.8 Å². The quantitative estimate of drug-likeness (QED) is 0.738. The number of aromatic nitrogens is 1. The topological polar surface area (TPSA) is 46.3 Å². The van der Waals surface area contributed by atoms with Crippen LogP contribution in [0.15, 0.2) is 16.9 Å². The fourth-order valence-corrected chi connectivity index (χ4v) is 2.02. The van der Waals surface area contributed by atoms with E-state index in [-0.39, 0.29) is 5.92 Å². The summed E-state index contributed by atoms with van der Waals surface area (Å²) in [6.45, 7) is 5.70. The van der Waals surface area contributed by atoms with Gasteiger partial charge in [-0.25, -0.2) is 0 Å². The molecule has 1 fully saturated rings. The molecule has 2 atom stereocenters. The van der Waals surface area contributed by atoms with Crippen LogP contribution in [0.5, 0.6) is 0 Å². The largest absolute Gasteiger partial charge is 0.364 e. The number of hydrogen-bond acceptors (Lipinski definition) is 4. The molecule has 0 saturated carbocycles. The summed E-state index contributed by atoms with van der Waals surface area (Å²) in [7, 11) is 0. The molecular weight excluding hydrogens is 192 g/mol.